The van der Waals surface area contributed by atoms with Crippen molar-refractivity contribution >= 4 is 11.0 Å². The maximum atomic E-state index is 10.0. The number of nitrogens with zero attached hydrogens (tertiary/aromatic N) is 2. The summed E-state index contributed by atoms with van der Waals surface area (Å²) < 4.78 is 2.15. The van der Waals surface area contributed by atoms with Crippen molar-refractivity contribution in [2.45, 2.75) is 39.8 Å². The van der Waals surface area contributed by atoms with E-state index in [-0.39, 0.29) is 0 Å². The van der Waals surface area contributed by atoms with Gasteiger partial charge in [0.15, 0.2) is 0 Å². The topological polar surface area (TPSA) is 38.1 Å². The van der Waals surface area contributed by atoms with Crippen molar-refractivity contribution in [3.05, 3.63) is 30.1 Å². The lowest BCUT2D eigenvalue weighted by atomic mass is 10.2. The molecule has 1 heterocycles. The van der Waals surface area contributed by atoms with Gasteiger partial charge in [0, 0.05) is 6.54 Å². The van der Waals surface area contributed by atoms with E-state index >= 15 is 0 Å². The van der Waals surface area contributed by atoms with Gasteiger partial charge in [0.25, 0.3) is 0 Å². The van der Waals surface area contributed by atoms with E-state index in [1.54, 1.807) is 0 Å². The normalized spacial score (nSPS) is 13.5. The van der Waals surface area contributed by atoms with Gasteiger partial charge in [0.2, 0.25) is 0 Å². The van der Waals surface area contributed by atoms with Crippen molar-refractivity contribution < 1.29 is 5.11 Å². The molecule has 0 saturated heterocycles. The molecule has 1 aromatic heterocycles. The van der Waals surface area contributed by atoms with E-state index in [9.17, 15) is 5.11 Å². The molecule has 1 N–H and O–H groups in total. The van der Waals surface area contributed by atoms with Crippen LogP contribution >= 0.6 is 0 Å². The Balaban J connectivity index is 2.56. The Labute approximate surface area is 102 Å². The molecule has 17 heavy (non-hydrogen) atoms. The van der Waals surface area contributed by atoms with Gasteiger partial charge >= 0.3 is 0 Å². The molecule has 0 amide bonds. The zero-order valence-corrected chi connectivity index (χ0v) is 10.7. The predicted molar refractivity (Wildman–Crippen MR) is 69.8 cm³/mol. The highest BCUT2D eigenvalue weighted by Gasteiger charge is 2.16. The number of benzene rings is 1. The van der Waals surface area contributed by atoms with Crippen molar-refractivity contribution in [3.63, 3.8) is 0 Å². The molecule has 1 atom stereocenters. The molecule has 1 aromatic carbocycles. The summed E-state index contributed by atoms with van der Waals surface area (Å²) in [4.78, 5) is 4.55. The molecule has 3 nitrogen and oxygen atoms in total. The number of para-hydroxylation sites is 2. The van der Waals surface area contributed by atoms with Crippen LogP contribution in [0, 0.1) is 5.92 Å². The average Bonchev–Trinajstić information content (AvgIpc) is 2.67. The molecule has 0 aliphatic carbocycles. The summed E-state index contributed by atoms with van der Waals surface area (Å²) >= 11 is 0. The van der Waals surface area contributed by atoms with Crippen molar-refractivity contribution in [1.82, 2.24) is 9.55 Å². The Morgan fingerprint density at radius 1 is 1.29 bits per heavy atom. The van der Waals surface area contributed by atoms with Gasteiger partial charge in [-0.15, -0.1) is 0 Å². The maximum absolute atomic E-state index is 10.0. The largest absolute Gasteiger partial charge is 0.385 e. The number of rotatable bonds is 4. The van der Waals surface area contributed by atoms with Crippen LogP contribution in [0.5, 0.6) is 0 Å². The lowest BCUT2D eigenvalue weighted by Crippen LogP contribution is -2.11. The first-order valence-corrected chi connectivity index (χ1v) is 6.26. The summed E-state index contributed by atoms with van der Waals surface area (Å²) in [5.41, 5.74) is 2.08. The number of aliphatic hydroxyl groups excluding tert-OH is 1. The standard InChI is InChI=1S/C14H20N2O/c1-4-13(17)14-15-11-7-5-6-8-12(11)16(14)9-10(2)3/h5-8,10,13,17H,4,9H2,1-3H3/t13-/m1/s1. The van der Waals surface area contributed by atoms with E-state index in [0.29, 0.717) is 12.3 Å². The molecule has 0 fully saturated rings. The number of imidazole rings is 1. The summed E-state index contributed by atoms with van der Waals surface area (Å²) in [6.07, 6.45) is 0.225. The highest BCUT2D eigenvalue weighted by atomic mass is 16.3. The number of aliphatic hydroxyl groups is 1. The van der Waals surface area contributed by atoms with Gasteiger partial charge in [-0.05, 0) is 24.5 Å². The molecule has 0 aliphatic rings. The fourth-order valence-electron chi connectivity index (χ4n) is 2.09. The van der Waals surface area contributed by atoms with E-state index in [4.69, 9.17) is 0 Å². The first kappa shape index (κ1) is 12.1. The Hall–Kier alpha value is -1.35. The van der Waals surface area contributed by atoms with Crippen LogP contribution in [0.3, 0.4) is 0 Å². The predicted octanol–water partition coefficient (Wildman–Crippen LogP) is 3.14. The van der Waals surface area contributed by atoms with Crippen LogP contribution in [-0.4, -0.2) is 14.7 Å². The zero-order valence-electron chi connectivity index (χ0n) is 10.7. The van der Waals surface area contributed by atoms with Gasteiger partial charge in [-0.3, -0.25) is 0 Å². The number of aromatic nitrogens is 2. The summed E-state index contributed by atoms with van der Waals surface area (Å²) in [5.74, 6) is 1.33. The molecular formula is C14H20N2O. The van der Waals surface area contributed by atoms with E-state index in [1.807, 2.05) is 25.1 Å². The van der Waals surface area contributed by atoms with Crippen LogP contribution in [0.25, 0.3) is 11.0 Å². The minimum atomic E-state index is -0.471. The lowest BCUT2D eigenvalue weighted by molar-refractivity contribution is 0.158. The smallest absolute Gasteiger partial charge is 0.138 e. The Bertz CT molecular complexity index is 502. The Morgan fingerprint density at radius 2 is 2.00 bits per heavy atom. The molecule has 2 rings (SSSR count). The highest BCUT2D eigenvalue weighted by molar-refractivity contribution is 5.76. The molecule has 0 aliphatic heterocycles. The monoisotopic (exact) mass is 232 g/mol. The van der Waals surface area contributed by atoms with Gasteiger partial charge < -0.3 is 9.67 Å². The number of hydrogen-bond acceptors (Lipinski definition) is 2. The lowest BCUT2D eigenvalue weighted by Gasteiger charge is -2.14. The Kier molecular flexibility index (Phi) is 3.48. The number of hydrogen-bond donors (Lipinski definition) is 1. The minimum Gasteiger partial charge on any atom is -0.385 e. The first-order valence-electron chi connectivity index (χ1n) is 6.26. The van der Waals surface area contributed by atoms with Gasteiger partial charge in [0.05, 0.1) is 11.0 Å². The van der Waals surface area contributed by atoms with E-state index in [2.05, 4.69) is 29.5 Å². The van der Waals surface area contributed by atoms with E-state index in [0.717, 1.165) is 23.4 Å². The molecule has 92 valence electrons. The van der Waals surface area contributed by atoms with Crippen molar-refractivity contribution in [2.75, 3.05) is 0 Å². The van der Waals surface area contributed by atoms with Crippen molar-refractivity contribution in [2.24, 2.45) is 5.92 Å². The SMILES string of the molecule is CC[C@@H](O)c1nc2ccccc2n1CC(C)C. The fraction of sp³-hybridized carbons (Fsp3) is 0.500. The minimum absolute atomic E-state index is 0.471. The van der Waals surface area contributed by atoms with Gasteiger partial charge in [0.1, 0.15) is 11.9 Å². The van der Waals surface area contributed by atoms with Crippen molar-refractivity contribution in [3.8, 4) is 0 Å². The van der Waals surface area contributed by atoms with Gasteiger partial charge in [-0.2, -0.15) is 0 Å². The molecule has 0 spiro atoms. The second-order valence-electron chi connectivity index (χ2n) is 4.89. The van der Waals surface area contributed by atoms with Crippen LogP contribution in [0.1, 0.15) is 39.1 Å². The molecular weight excluding hydrogens is 212 g/mol. The molecule has 2 aromatic rings. The molecule has 0 bridgehead atoms. The zero-order chi connectivity index (χ0) is 12.4. The van der Waals surface area contributed by atoms with Crippen LogP contribution in [0.15, 0.2) is 24.3 Å². The molecule has 0 radical (unpaired) electrons. The summed E-state index contributed by atoms with van der Waals surface area (Å²) in [6, 6.07) is 8.06. The maximum Gasteiger partial charge on any atom is 0.138 e. The van der Waals surface area contributed by atoms with Gasteiger partial charge in [-0.25, -0.2) is 4.98 Å². The quantitative estimate of drug-likeness (QED) is 0.879. The second-order valence-corrected chi connectivity index (χ2v) is 4.89. The second kappa shape index (κ2) is 4.88. The van der Waals surface area contributed by atoms with Crippen LogP contribution < -0.4 is 0 Å². The third-order valence-electron chi connectivity index (χ3n) is 2.92. The third-order valence-corrected chi connectivity index (χ3v) is 2.92. The van der Waals surface area contributed by atoms with Gasteiger partial charge in [-0.1, -0.05) is 32.9 Å². The first-order chi connectivity index (χ1) is 8.13. The summed E-state index contributed by atoms with van der Waals surface area (Å²) in [7, 11) is 0. The summed E-state index contributed by atoms with van der Waals surface area (Å²) in [6.45, 7) is 7.23. The Morgan fingerprint density at radius 3 is 2.65 bits per heavy atom. The average molecular weight is 232 g/mol. The molecule has 0 saturated carbocycles. The van der Waals surface area contributed by atoms with Crippen LogP contribution in [0.4, 0.5) is 0 Å². The van der Waals surface area contributed by atoms with Crippen LogP contribution in [0.2, 0.25) is 0 Å². The highest BCUT2D eigenvalue weighted by Crippen LogP contribution is 2.23. The van der Waals surface area contributed by atoms with E-state index < -0.39 is 6.10 Å². The van der Waals surface area contributed by atoms with Crippen molar-refractivity contribution in [1.29, 1.82) is 0 Å². The molecule has 0 unspecified atom stereocenters. The van der Waals surface area contributed by atoms with E-state index in [1.165, 1.54) is 0 Å². The summed E-state index contributed by atoms with van der Waals surface area (Å²) in [5, 5.41) is 10.0. The van der Waals surface area contributed by atoms with Crippen LogP contribution in [-0.2, 0) is 6.54 Å². The molecule has 3 heteroatoms. The fourth-order valence-corrected chi connectivity index (χ4v) is 2.09. The number of fused-ring (bicyclic) bond motifs is 1. The third kappa shape index (κ3) is 2.34.